The summed E-state index contributed by atoms with van der Waals surface area (Å²) in [4.78, 5) is 10.6. The van der Waals surface area contributed by atoms with Crippen molar-refractivity contribution in [1.82, 2.24) is 0 Å². The molecule has 0 saturated heterocycles. The molecule has 0 atom stereocenters. The van der Waals surface area contributed by atoms with E-state index < -0.39 is 5.97 Å². The fourth-order valence-corrected chi connectivity index (χ4v) is 1.60. The van der Waals surface area contributed by atoms with E-state index in [2.05, 4.69) is 0 Å². The van der Waals surface area contributed by atoms with Crippen LogP contribution in [0.25, 0.3) is 6.08 Å². The Kier molecular flexibility index (Phi) is 5.57. The van der Waals surface area contributed by atoms with E-state index in [1.54, 1.807) is 19.2 Å². The van der Waals surface area contributed by atoms with Gasteiger partial charge in [0.05, 0.1) is 13.5 Å². The van der Waals surface area contributed by atoms with Gasteiger partial charge in [0.2, 0.25) is 0 Å². The summed E-state index contributed by atoms with van der Waals surface area (Å²) in [5.41, 5.74) is 1.63. The number of halogens is 1. The third-order valence-electron chi connectivity index (χ3n) is 2.22. The van der Waals surface area contributed by atoms with Crippen molar-refractivity contribution in [3.8, 4) is 5.75 Å². The fourth-order valence-electron chi connectivity index (χ4n) is 1.47. The number of benzene rings is 1. The SMILES string of the molecule is COc1ccc(CC(=O)O)cc1C=CCCCl. The highest BCUT2D eigenvalue weighted by atomic mass is 35.5. The molecule has 1 aromatic carbocycles. The molecule has 1 aromatic rings. The molecule has 0 fully saturated rings. The molecule has 0 saturated carbocycles. The first kappa shape index (κ1) is 13.6. The average molecular weight is 255 g/mol. The molecule has 0 aliphatic rings. The molecule has 0 aromatic heterocycles. The smallest absolute Gasteiger partial charge is 0.307 e. The maximum absolute atomic E-state index is 10.6. The van der Waals surface area contributed by atoms with Crippen LogP contribution < -0.4 is 4.74 Å². The number of rotatable bonds is 6. The quantitative estimate of drug-likeness (QED) is 0.794. The lowest BCUT2D eigenvalue weighted by Gasteiger charge is -2.06. The number of allylic oxidation sites excluding steroid dienone is 1. The van der Waals surface area contributed by atoms with Crippen LogP contribution in [0, 0.1) is 0 Å². The molecule has 0 spiro atoms. The minimum Gasteiger partial charge on any atom is -0.496 e. The first-order chi connectivity index (χ1) is 8.17. The Morgan fingerprint density at radius 3 is 2.88 bits per heavy atom. The molecule has 1 rings (SSSR count). The molecule has 0 radical (unpaired) electrons. The van der Waals surface area contributed by atoms with Gasteiger partial charge in [0.15, 0.2) is 0 Å². The number of carboxylic acid groups (broad SMARTS) is 1. The second kappa shape index (κ2) is 6.97. The molecule has 0 aliphatic carbocycles. The number of carbonyl (C=O) groups is 1. The number of aliphatic carboxylic acids is 1. The van der Waals surface area contributed by atoms with Crippen molar-refractivity contribution < 1.29 is 14.6 Å². The lowest BCUT2D eigenvalue weighted by Crippen LogP contribution is -2.00. The minimum atomic E-state index is -0.842. The van der Waals surface area contributed by atoms with Crippen molar-refractivity contribution in [3.63, 3.8) is 0 Å². The molecular formula is C13H15ClO3. The van der Waals surface area contributed by atoms with Crippen molar-refractivity contribution in [2.75, 3.05) is 13.0 Å². The molecule has 1 N–H and O–H groups in total. The molecule has 92 valence electrons. The number of hydrogen-bond donors (Lipinski definition) is 1. The van der Waals surface area contributed by atoms with Gasteiger partial charge in [-0.3, -0.25) is 4.79 Å². The Morgan fingerprint density at radius 2 is 2.29 bits per heavy atom. The largest absolute Gasteiger partial charge is 0.496 e. The van der Waals surface area contributed by atoms with Gasteiger partial charge in [-0.05, 0) is 24.1 Å². The summed E-state index contributed by atoms with van der Waals surface area (Å²) in [6, 6.07) is 5.35. The van der Waals surface area contributed by atoms with Crippen LogP contribution in [-0.4, -0.2) is 24.1 Å². The van der Waals surface area contributed by atoms with Gasteiger partial charge < -0.3 is 9.84 Å². The van der Waals surface area contributed by atoms with E-state index in [4.69, 9.17) is 21.4 Å². The zero-order valence-corrected chi connectivity index (χ0v) is 10.4. The zero-order valence-electron chi connectivity index (χ0n) is 9.65. The predicted octanol–water partition coefficient (Wildman–Crippen LogP) is 2.96. The number of alkyl halides is 1. The summed E-state index contributed by atoms with van der Waals surface area (Å²) in [7, 11) is 1.59. The summed E-state index contributed by atoms with van der Waals surface area (Å²) >= 11 is 5.58. The number of carboxylic acids is 1. The van der Waals surface area contributed by atoms with E-state index in [1.165, 1.54) is 0 Å². The van der Waals surface area contributed by atoms with Crippen LogP contribution in [-0.2, 0) is 11.2 Å². The van der Waals surface area contributed by atoms with Crippen LogP contribution in [0.4, 0.5) is 0 Å². The van der Waals surface area contributed by atoms with Crippen LogP contribution in [0.3, 0.4) is 0 Å². The second-order valence-electron chi connectivity index (χ2n) is 3.53. The van der Waals surface area contributed by atoms with E-state index in [0.717, 1.165) is 23.3 Å². The normalized spacial score (nSPS) is 10.7. The standard InChI is InChI=1S/C13H15ClO3/c1-17-12-6-5-10(9-13(15)16)8-11(12)4-2-3-7-14/h2,4-6,8H,3,7,9H2,1H3,(H,15,16). The molecule has 0 unspecified atom stereocenters. The van der Waals surface area contributed by atoms with E-state index in [1.807, 2.05) is 18.2 Å². The van der Waals surface area contributed by atoms with Crippen molar-refractivity contribution in [2.24, 2.45) is 0 Å². The van der Waals surface area contributed by atoms with Crippen molar-refractivity contribution in [3.05, 3.63) is 35.4 Å². The fraction of sp³-hybridized carbons (Fsp3) is 0.308. The average Bonchev–Trinajstić information content (AvgIpc) is 2.29. The van der Waals surface area contributed by atoms with Crippen LogP contribution in [0.15, 0.2) is 24.3 Å². The number of methoxy groups -OCH3 is 1. The third-order valence-corrected chi connectivity index (χ3v) is 2.44. The van der Waals surface area contributed by atoms with Gasteiger partial charge in [-0.2, -0.15) is 0 Å². The second-order valence-corrected chi connectivity index (χ2v) is 3.90. The molecule has 0 aliphatic heterocycles. The Hall–Kier alpha value is -1.48. The van der Waals surface area contributed by atoms with Crippen molar-refractivity contribution in [1.29, 1.82) is 0 Å². The molecule has 4 heteroatoms. The van der Waals surface area contributed by atoms with Gasteiger partial charge in [0.25, 0.3) is 0 Å². The molecular weight excluding hydrogens is 240 g/mol. The van der Waals surface area contributed by atoms with Gasteiger partial charge in [0, 0.05) is 11.4 Å². The summed E-state index contributed by atoms with van der Waals surface area (Å²) in [6.07, 6.45) is 4.62. The van der Waals surface area contributed by atoms with E-state index in [9.17, 15) is 4.79 Å². The van der Waals surface area contributed by atoms with Crippen molar-refractivity contribution in [2.45, 2.75) is 12.8 Å². The molecule has 0 heterocycles. The Labute approximate surface area is 106 Å². The maximum atomic E-state index is 10.6. The molecule has 0 amide bonds. The van der Waals surface area contributed by atoms with Crippen LogP contribution in [0.5, 0.6) is 5.75 Å². The first-order valence-corrected chi connectivity index (χ1v) is 5.82. The van der Waals surface area contributed by atoms with Gasteiger partial charge in [0.1, 0.15) is 5.75 Å². The Morgan fingerprint density at radius 1 is 1.53 bits per heavy atom. The third kappa shape index (κ3) is 4.49. The van der Waals surface area contributed by atoms with Crippen LogP contribution >= 0.6 is 11.6 Å². The van der Waals surface area contributed by atoms with Gasteiger partial charge >= 0.3 is 5.97 Å². The Bertz CT molecular complexity index is 413. The number of ether oxygens (including phenoxy) is 1. The lowest BCUT2D eigenvalue weighted by atomic mass is 10.1. The van der Waals surface area contributed by atoms with E-state index >= 15 is 0 Å². The zero-order chi connectivity index (χ0) is 12.7. The summed E-state index contributed by atoms with van der Waals surface area (Å²) in [6.45, 7) is 0. The minimum absolute atomic E-state index is 0.0142. The first-order valence-electron chi connectivity index (χ1n) is 5.28. The molecule has 0 bridgehead atoms. The summed E-state index contributed by atoms with van der Waals surface area (Å²) in [5, 5.41) is 8.73. The monoisotopic (exact) mass is 254 g/mol. The van der Waals surface area contributed by atoms with Gasteiger partial charge in [-0.15, -0.1) is 11.6 Å². The highest BCUT2D eigenvalue weighted by molar-refractivity contribution is 6.17. The Balaban J connectivity index is 2.93. The van der Waals surface area contributed by atoms with E-state index in [-0.39, 0.29) is 6.42 Å². The van der Waals surface area contributed by atoms with Crippen LogP contribution in [0.2, 0.25) is 0 Å². The number of hydrogen-bond acceptors (Lipinski definition) is 2. The summed E-state index contributed by atoms with van der Waals surface area (Å²) < 4.78 is 5.20. The highest BCUT2D eigenvalue weighted by Crippen LogP contribution is 2.22. The van der Waals surface area contributed by atoms with Gasteiger partial charge in [-0.25, -0.2) is 0 Å². The topological polar surface area (TPSA) is 46.5 Å². The lowest BCUT2D eigenvalue weighted by molar-refractivity contribution is -0.136. The van der Waals surface area contributed by atoms with Crippen molar-refractivity contribution >= 4 is 23.6 Å². The van der Waals surface area contributed by atoms with Crippen LogP contribution in [0.1, 0.15) is 17.5 Å². The van der Waals surface area contributed by atoms with Gasteiger partial charge in [-0.1, -0.05) is 18.2 Å². The molecule has 3 nitrogen and oxygen atoms in total. The predicted molar refractivity (Wildman–Crippen MR) is 68.7 cm³/mol. The summed E-state index contributed by atoms with van der Waals surface area (Å²) in [5.74, 6) is 0.448. The highest BCUT2D eigenvalue weighted by Gasteiger charge is 2.04. The van der Waals surface area contributed by atoms with E-state index in [0.29, 0.717) is 5.88 Å². The molecule has 17 heavy (non-hydrogen) atoms. The maximum Gasteiger partial charge on any atom is 0.307 e.